The molecule has 2 aromatic rings. The second kappa shape index (κ2) is 10.8. The molecule has 1 fully saturated rings. The predicted octanol–water partition coefficient (Wildman–Crippen LogP) is 0.388. The Morgan fingerprint density at radius 2 is 1.57 bits per heavy atom. The summed E-state index contributed by atoms with van der Waals surface area (Å²) in [7, 11) is 0. The largest absolute Gasteiger partial charge is 0.394 e. The molecule has 3 rings (SSSR count). The Hall–Kier alpha value is -2.82. The summed E-state index contributed by atoms with van der Waals surface area (Å²) in [5.74, 6) is 0. The quantitative estimate of drug-likeness (QED) is 0.361. The van der Waals surface area contributed by atoms with Crippen molar-refractivity contribution in [2.24, 2.45) is 10.3 Å². The molecule has 1 heterocycles. The van der Waals surface area contributed by atoms with Crippen LogP contribution in [0.3, 0.4) is 0 Å². The lowest BCUT2D eigenvalue weighted by molar-refractivity contribution is -0.301. The number of ether oxygens (including phenoxy) is 1. The summed E-state index contributed by atoms with van der Waals surface area (Å²) in [5, 5.41) is 46.3. The first-order valence-electron chi connectivity index (χ1n) is 9.37. The van der Waals surface area contributed by atoms with Gasteiger partial charge < -0.3 is 34.8 Å². The van der Waals surface area contributed by atoms with Crippen molar-refractivity contribution in [1.29, 1.82) is 0 Å². The van der Waals surface area contributed by atoms with Gasteiger partial charge in [-0.25, -0.2) is 0 Å². The van der Waals surface area contributed by atoms with E-state index in [1.165, 1.54) is 6.21 Å². The van der Waals surface area contributed by atoms with E-state index in [1.54, 1.807) is 24.4 Å². The maximum atomic E-state index is 9.92. The minimum atomic E-state index is -1.52. The van der Waals surface area contributed by atoms with Crippen LogP contribution in [-0.2, 0) is 21.0 Å². The van der Waals surface area contributed by atoms with Gasteiger partial charge in [-0.2, -0.15) is 0 Å². The Balaban J connectivity index is 1.53. The number of nitrogens with zero attached hydrogens (tertiary/aromatic N) is 2. The zero-order chi connectivity index (χ0) is 21.3. The molecule has 4 N–H and O–H groups in total. The van der Waals surface area contributed by atoms with Gasteiger partial charge in [-0.3, -0.25) is 0 Å². The van der Waals surface area contributed by atoms with Crippen LogP contribution in [-0.4, -0.2) is 70.2 Å². The molecule has 0 unspecified atom stereocenters. The number of hydrogen-bond donors (Lipinski definition) is 4. The van der Waals surface area contributed by atoms with Gasteiger partial charge in [0.05, 0.1) is 19.0 Å². The molecule has 1 aliphatic rings. The fourth-order valence-corrected chi connectivity index (χ4v) is 2.81. The zero-order valence-electron chi connectivity index (χ0n) is 16.1. The van der Waals surface area contributed by atoms with Gasteiger partial charge in [0, 0.05) is 0 Å². The van der Waals surface area contributed by atoms with E-state index in [0.29, 0.717) is 12.2 Å². The normalized spacial score (nSPS) is 26.9. The molecule has 9 heteroatoms. The van der Waals surface area contributed by atoms with Gasteiger partial charge in [0.2, 0.25) is 0 Å². The van der Waals surface area contributed by atoms with Crippen molar-refractivity contribution >= 4 is 12.4 Å². The number of aliphatic hydroxyl groups excluding tert-OH is 4. The molecule has 5 atom stereocenters. The van der Waals surface area contributed by atoms with Crippen molar-refractivity contribution in [3.05, 3.63) is 71.3 Å². The van der Waals surface area contributed by atoms with Gasteiger partial charge in [0.15, 0.2) is 0 Å². The molecule has 0 aromatic heterocycles. The summed E-state index contributed by atoms with van der Waals surface area (Å²) in [6, 6.07) is 16.9. The van der Waals surface area contributed by atoms with E-state index in [9.17, 15) is 20.4 Å². The number of hydrogen-bond acceptors (Lipinski definition) is 9. The molecule has 0 amide bonds. The molecule has 2 aromatic carbocycles. The van der Waals surface area contributed by atoms with Gasteiger partial charge in [-0.05, 0) is 22.8 Å². The van der Waals surface area contributed by atoms with E-state index in [0.717, 1.165) is 11.1 Å². The molecule has 1 saturated heterocycles. The molecule has 0 saturated carbocycles. The molecule has 0 radical (unpaired) electrons. The molecule has 160 valence electrons. The van der Waals surface area contributed by atoms with Crippen molar-refractivity contribution < 1.29 is 34.8 Å². The molecule has 30 heavy (non-hydrogen) atoms. The SMILES string of the molecule is OC[C@H]1O[C@@H](O/N=C/c2cccc(/C=N/OCc3ccccc3)c2)[C@H](O)[C@@H](O)[C@@H]1O. The third-order valence-corrected chi connectivity index (χ3v) is 4.48. The number of oxime groups is 2. The summed E-state index contributed by atoms with van der Waals surface area (Å²) in [6.45, 7) is -0.173. The van der Waals surface area contributed by atoms with Gasteiger partial charge in [0.1, 0.15) is 31.0 Å². The van der Waals surface area contributed by atoms with Crippen LogP contribution in [0.25, 0.3) is 0 Å². The van der Waals surface area contributed by atoms with Crippen molar-refractivity contribution in [3.63, 3.8) is 0 Å². The summed E-state index contributed by atoms with van der Waals surface area (Å²) in [5.41, 5.74) is 2.48. The molecule has 1 aliphatic heterocycles. The monoisotopic (exact) mass is 416 g/mol. The van der Waals surface area contributed by atoms with Gasteiger partial charge >= 0.3 is 0 Å². The van der Waals surface area contributed by atoms with Crippen molar-refractivity contribution in [2.75, 3.05) is 6.61 Å². The average Bonchev–Trinajstić information content (AvgIpc) is 2.78. The van der Waals surface area contributed by atoms with Crippen LogP contribution < -0.4 is 0 Å². The van der Waals surface area contributed by atoms with Crippen LogP contribution in [0.5, 0.6) is 0 Å². The van der Waals surface area contributed by atoms with Crippen LogP contribution in [0.2, 0.25) is 0 Å². The number of aliphatic hydroxyl groups is 4. The summed E-state index contributed by atoms with van der Waals surface area (Å²) >= 11 is 0. The van der Waals surface area contributed by atoms with Crippen molar-refractivity contribution in [1.82, 2.24) is 0 Å². The Kier molecular flexibility index (Phi) is 7.89. The lowest BCUT2D eigenvalue weighted by atomic mass is 9.99. The van der Waals surface area contributed by atoms with Crippen LogP contribution in [0.4, 0.5) is 0 Å². The molecule has 9 nitrogen and oxygen atoms in total. The number of rotatable bonds is 8. The van der Waals surface area contributed by atoms with E-state index < -0.39 is 37.3 Å². The maximum absolute atomic E-state index is 9.92. The lowest BCUT2D eigenvalue weighted by Crippen LogP contribution is -2.58. The van der Waals surface area contributed by atoms with E-state index in [-0.39, 0.29) is 0 Å². The molecule has 0 bridgehead atoms. The Morgan fingerprint density at radius 1 is 0.867 bits per heavy atom. The summed E-state index contributed by atoms with van der Waals surface area (Å²) in [4.78, 5) is 10.4. The topological polar surface area (TPSA) is 133 Å². The Morgan fingerprint density at radius 3 is 2.27 bits per heavy atom. The Bertz CT molecular complexity index is 844. The first-order valence-corrected chi connectivity index (χ1v) is 9.37. The average molecular weight is 416 g/mol. The lowest BCUT2D eigenvalue weighted by Gasteiger charge is -2.38. The predicted molar refractivity (Wildman–Crippen MR) is 108 cm³/mol. The van der Waals surface area contributed by atoms with Gasteiger partial charge in [0.25, 0.3) is 6.29 Å². The second-order valence-corrected chi connectivity index (χ2v) is 6.70. The highest BCUT2D eigenvalue weighted by Crippen LogP contribution is 2.22. The molecular formula is C21H24N2O7. The third kappa shape index (κ3) is 5.85. The third-order valence-electron chi connectivity index (χ3n) is 4.48. The van der Waals surface area contributed by atoms with E-state index >= 15 is 0 Å². The minimum absolute atomic E-state index is 0.366. The highest BCUT2D eigenvalue weighted by Gasteiger charge is 2.44. The zero-order valence-corrected chi connectivity index (χ0v) is 16.1. The van der Waals surface area contributed by atoms with E-state index in [2.05, 4.69) is 10.3 Å². The summed E-state index contributed by atoms with van der Waals surface area (Å²) in [6.07, 6.45) is -3.91. The number of benzene rings is 2. The van der Waals surface area contributed by atoms with Crippen molar-refractivity contribution in [2.45, 2.75) is 37.3 Å². The molecule has 0 spiro atoms. The van der Waals surface area contributed by atoms with Crippen LogP contribution >= 0.6 is 0 Å². The van der Waals surface area contributed by atoms with Crippen LogP contribution in [0.15, 0.2) is 64.9 Å². The first kappa shape index (κ1) is 21.9. The first-order chi connectivity index (χ1) is 14.6. The highest BCUT2D eigenvalue weighted by atomic mass is 16.8. The minimum Gasteiger partial charge on any atom is -0.394 e. The Labute approximate surface area is 173 Å². The fourth-order valence-electron chi connectivity index (χ4n) is 2.81. The summed E-state index contributed by atoms with van der Waals surface area (Å²) < 4.78 is 5.21. The molecular weight excluding hydrogens is 392 g/mol. The highest BCUT2D eigenvalue weighted by molar-refractivity contribution is 5.85. The van der Waals surface area contributed by atoms with E-state index in [1.807, 2.05) is 36.4 Å². The van der Waals surface area contributed by atoms with Crippen LogP contribution in [0.1, 0.15) is 16.7 Å². The van der Waals surface area contributed by atoms with Crippen molar-refractivity contribution in [3.8, 4) is 0 Å². The fraction of sp³-hybridized carbons (Fsp3) is 0.333. The van der Waals surface area contributed by atoms with Crippen LogP contribution in [0, 0.1) is 0 Å². The van der Waals surface area contributed by atoms with Gasteiger partial charge in [-0.15, -0.1) is 0 Å². The standard InChI is InChI=1S/C21H24N2O7/c24-12-17-18(25)19(26)20(27)21(29-17)30-23-11-16-8-4-7-15(9-16)10-22-28-13-14-5-2-1-3-6-14/h1-11,17-21,24-27H,12-13H2/b22-10+,23-11+/t17-,18-,19+,20-,21+/m1/s1. The van der Waals surface area contributed by atoms with Gasteiger partial charge in [-0.1, -0.05) is 58.8 Å². The molecule has 0 aliphatic carbocycles. The van der Waals surface area contributed by atoms with E-state index in [4.69, 9.17) is 14.4 Å². The second-order valence-electron chi connectivity index (χ2n) is 6.70. The maximum Gasteiger partial charge on any atom is 0.256 e. The smallest absolute Gasteiger partial charge is 0.256 e.